The van der Waals surface area contributed by atoms with Crippen molar-refractivity contribution in [2.75, 3.05) is 43.7 Å². The molecule has 0 aliphatic carbocycles. The number of amides is 1. The van der Waals surface area contributed by atoms with Gasteiger partial charge in [-0.15, -0.1) is 0 Å². The van der Waals surface area contributed by atoms with E-state index in [0.717, 1.165) is 26.2 Å². The van der Waals surface area contributed by atoms with Crippen molar-refractivity contribution in [3.63, 3.8) is 0 Å². The number of likely N-dealkylation sites (N-methyl/N-ethyl adjacent to an activating group) is 1. The van der Waals surface area contributed by atoms with Gasteiger partial charge in [0.1, 0.15) is 0 Å². The average Bonchev–Trinajstić information content (AvgIpc) is 2.48. The molecule has 1 aromatic carbocycles. The van der Waals surface area contributed by atoms with E-state index in [0.29, 0.717) is 11.3 Å². The van der Waals surface area contributed by atoms with Crippen molar-refractivity contribution in [2.24, 2.45) is 0 Å². The Labute approximate surface area is 125 Å². The minimum absolute atomic E-state index is 0.00685. The number of hydrogen-bond donors (Lipinski definition) is 2. The van der Waals surface area contributed by atoms with Crippen molar-refractivity contribution < 1.29 is 18.1 Å². The number of quaternary nitrogens is 1. The fourth-order valence-corrected chi connectivity index (χ4v) is 2.85. The number of piperazine rings is 1. The number of benzene rings is 1. The van der Waals surface area contributed by atoms with E-state index < -0.39 is 10.0 Å². The highest BCUT2D eigenvalue weighted by atomic mass is 32.2. The fraction of sp³-hybridized carbons (Fsp3) is 0.500. The van der Waals surface area contributed by atoms with Gasteiger partial charge in [-0.3, -0.25) is 9.52 Å². The number of carbonyl (C=O) groups is 1. The van der Waals surface area contributed by atoms with Crippen LogP contribution in [0.5, 0.6) is 0 Å². The molecule has 1 aromatic rings. The van der Waals surface area contributed by atoms with E-state index in [1.165, 1.54) is 4.90 Å². The molecule has 1 amide bonds. The van der Waals surface area contributed by atoms with E-state index in [-0.39, 0.29) is 11.7 Å². The highest BCUT2D eigenvalue weighted by molar-refractivity contribution is 7.92. The quantitative estimate of drug-likeness (QED) is 0.781. The summed E-state index contributed by atoms with van der Waals surface area (Å²) in [6, 6.07) is 6.59. The first-order valence-electron chi connectivity index (χ1n) is 7.12. The molecular weight excluding hydrogens is 290 g/mol. The SMILES string of the molecule is CCS(=O)(=O)Nc1ccc(C(=O)N2CC[NH+](C)CC2)cc1. The number of carbonyl (C=O) groups excluding carboxylic acids is 1. The fourth-order valence-electron chi connectivity index (χ4n) is 2.21. The minimum Gasteiger partial charge on any atom is -0.334 e. The van der Waals surface area contributed by atoms with Crippen LogP contribution >= 0.6 is 0 Å². The molecule has 21 heavy (non-hydrogen) atoms. The lowest BCUT2D eigenvalue weighted by molar-refractivity contribution is -0.883. The third-order valence-electron chi connectivity index (χ3n) is 3.69. The average molecular weight is 312 g/mol. The molecule has 0 saturated carbocycles. The van der Waals surface area contributed by atoms with Crippen molar-refractivity contribution in [3.05, 3.63) is 29.8 Å². The lowest BCUT2D eigenvalue weighted by Crippen LogP contribution is -3.12. The summed E-state index contributed by atoms with van der Waals surface area (Å²) < 4.78 is 25.4. The monoisotopic (exact) mass is 312 g/mol. The Bertz CT molecular complexity index is 590. The van der Waals surface area contributed by atoms with Gasteiger partial charge in [-0.1, -0.05) is 0 Å². The van der Waals surface area contributed by atoms with Crippen LogP contribution in [0.15, 0.2) is 24.3 Å². The maximum Gasteiger partial charge on any atom is 0.254 e. The highest BCUT2D eigenvalue weighted by Crippen LogP contribution is 2.13. The van der Waals surface area contributed by atoms with Gasteiger partial charge >= 0.3 is 0 Å². The smallest absolute Gasteiger partial charge is 0.254 e. The van der Waals surface area contributed by atoms with Gasteiger partial charge in [-0.2, -0.15) is 0 Å². The van der Waals surface area contributed by atoms with Gasteiger partial charge < -0.3 is 9.80 Å². The van der Waals surface area contributed by atoms with Crippen molar-refractivity contribution in [2.45, 2.75) is 6.92 Å². The zero-order valence-electron chi connectivity index (χ0n) is 12.4. The molecule has 116 valence electrons. The largest absolute Gasteiger partial charge is 0.334 e. The number of sulfonamides is 1. The number of nitrogens with zero attached hydrogens (tertiary/aromatic N) is 1. The molecule has 0 atom stereocenters. The number of nitrogens with one attached hydrogen (secondary N) is 2. The van der Waals surface area contributed by atoms with Crippen LogP contribution in [0.25, 0.3) is 0 Å². The summed E-state index contributed by atoms with van der Waals surface area (Å²) in [5, 5.41) is 0. The third kappa shape index (κ3) is 4.18. The molecule has 6 nitrogen and oxygen atoms in total. The van der Waals surface area contributed by atoms with Crippen molar-refractivity contribution in [3.8, 4) is 0 Å². The first-order valence-corrected chi connectivity index (χ1v) is 8.77. The van der Waals surface area contributed by atoms with Crippen LogP contribution in [0.4, 0.5) is 5.69 Å². The van der Waals surface area contributed by atoms with Gasteiger partial charge in [-0.25, -0.2) is 8.42 Å². The van der Waals surface area contributed by atoms with E-state index in [1.54, 1.807) is 31.2 Å². The van der Waals surface area contributed by atoms with Gasteiger partial charge in [0, 0.05) is 11.3 Å². The predicted molar refractivity (Wildman–Crippen MR) is 82.0 cm³/mol. The Morgan fingerprint density at radius 2 is 1.81 bits per heavy atom. The summed E-state index contributed by atoms with van der Waals surface area (Å²) >= 11 is 0. The maximum atomic E-state index is 12.3. The lowest BCUT2D eigenvalue weighted by Gasteiger charge is -2.30. The van der Waals surface area contributed by atoms with Crippen molar-refractivity contribution in [1.82, 2.24) is 4.90 Å². The molecule has 0 aromatic heterocycles. The molecule has 1 aliphatic heterocycles. The lowest BCUT2D eigenvalue weighted by atomic mass is 10.1. The summed E-state index contributed by atoms with van der Waals surface area (Å²) in [7, 11) is -1.16. The van der Waals surface area contributed by atoms with Crippen LogP contribution in [0, 0.1) is 0 Å². The highest BCUT2D eigenvalue weighted by Gasteiger charge is 2.22. The molecule has 0 radical (unpaired) electrons. The molecular formula is C14H22N3O3S+. The number of anilines is 1. The Balaban J connectivity index is 2.03. The summed E-state index contributed by atoms with van der Waals surface area (Å²) in [4.78, 5) is 15.6. The first kappa shape index (κ1) is 15.8. The Morgan fingerprint density at radius 1 is 1.24 bits per heavy atom. The zero-order chi connectivity index (χ0) is 15.5. The van der Waals surface area contributed by atoms with E-state index >= 15 is 0 Å². The molecule has 1 aliphatic rings. The van der Waals surface area contributed by atoms with Crippen LogP contribution in [-0.2, 0) is 10.0 Å². The Morgan fingerprint density at radius 3 is 2.33 bits per heavy atom. The molecule has 2 N–H and O–H groups in total. The second kappa shape index (κ2) is 6.44. The summed E-state index contributed by atoms with van der Waals surface area (Å²) in [5.41, 5.74) is 1.07. The van der Waals surface area contributed by atoms with Crippen LogP contribution in [-0.4, -0.2) is 58.2 Å². The summed E-state index contributed by atoms with van der Waals surface area (Å²) in [6.07, 6.45) is 0. The summed E-state index contributed by atoms with van der Waals surface area (Å²) in [6.45, 7) is 5.01. The van der Waals surface area contributed by atoms with E-state index in [4.69, 9.17) is 0 Å². The molecule has 0 spiro atoms. The Hall–Kier alpha value is -1.60. The molecule has 0 bridgehead atoms. The molecule has 0 unspecified atom stereocenters. The van der Waals surface area contributed by atoms with Gasteiger partial charge in [0.2, 0.25) is 10.0 Å². The maximum absolute atomic E-state index is 12.3. The molecule has 1 heterocycles. The van der Waals surface area contributed by atoms with Gasteiger partial charge in [0.05, 0.1) is 39.0 Å². The van der Waals surface area contributed by atoms with Gasteiger partial charge in [0.25, 0.3) is 5.91 Å². The number of hydrogen-bond acceptors (Lipinski definition) is 3. The Kier molecular flexibility index (Phi) is 4.84. The molecule has 2 rings (SSSR count). The second-order valence-corrected chi connectivity index (χ2v) is 7.34. The molecule has 1 saturated heterocycles. The summed E-state index contributed by atoms with van der Waals surface area (Å²) in [5.74, 6) is 0.0320. The van der Waals surface area contributed by atoms with E-state index in [2.05, 4.69) is 11.8 Å². The second-order valence-electron chi connectivity index (χ2n) is 5.33. The van der Waals surface area contributed by atoms with Crippen LogP contribution in [0.3, 0.4) is 0 Å². The van der Waals surface area contributed by atoms with Gasteiger partial charge in [-0.05, 0) is 31.2 Å². The first-order chi connectivity index (χ1) is 9.91. The van der Waals surface area contributed by atoms with Crippen LogP contribution in [0.1, 0.15) is 17.3 Å². The predicted octanol–water partition coefficient (Wildman–Crippen LogP) is -0.581. The van der Waals surface area contributed by atoms with Crippen LogP contribution in [0.2, 0.25) is 0 Å². The van der Waals surface area contributed by atoms with Crippen LogP contribution < -0.4 is 9.62 Å². The van der Waals surface area contributed by atoms with Crippen molar-refractivity contribution in [1.29, 1.82) is 0 Å². The van der Waals surface area contributed by atoms with Gasteiger partial charge in [0.15, 0.2) is 0 Å². The standard InChI is InChI=1S/C14H21N3O3S/c1-3-21(19,20)15-13-6-4-12(5-7-13)14(18)17-10-8-16(2)9-11-17/h4-7,15H,3,8-11H2,1-2H3/p+1. The third-order valence-corrected chi connectivity index (χ3v) is 5.00. The molecule has 7 heteroatoms. The topological polar surface area (TPSA) is 70.9 Å². The van der Waals surface area contributed by atoms with E-state index in [9.17, 15) is 13.2 Å². The normalized spacial score (nSPS) is 16.8. The van der Waals surface area contributed by atoms with Crippen molar-refractivity contribution >= 4 is 21.6 Å². The zero-order valence-corrected chi connectivity index (χ0v) is 13.2. The minimum atomic E-state index is -3.28. The van der Waals surface area contributed by atoms with E-state index in [1.807, 2.05) is 4.90 Å². The molecule has 1 fully saturated rings. The number of rotatable bonds is 4.